The smallest absolute Gasteiger partial charge is 0.321 e. The van der Waals surface area contributed by atoms with Gasteiger partial charge in [0.2, 0.25) is 0 Å². The van der Waals surface area contributed by atoms with E-state index in [0.717, 1.165) is 42.7 Å². The number of hydrogen-bond donors (Lipinski definition) is 1. The molecule has 2 aromatic heterocycles. The zero-order valence-electron chi connectivity index (χ0n) is 14.9. The SMILES string of the molecule is O=C(Nc1cccc2nn3ccc(N4CCC(F)C4)nc3c12)N1CCCC1. The molecule has 5 rings (SSSR count). The van der Waals surface area contributed by atoms with E-state index in [2.05, 4.69) is 10.4 Å². The molecule has 2 amide bonds. The van der Waals surface area contributed by atoms with Crippen molar-refractivity contribution in [1.29, 1.82) is 0 Å². The number of likely N-dealkylation sites (tertiary alicyclic amines) is 1. The predicted molar refractivity (Wildman–Crippen MR) is 102 cm³/mol. The summed E-state index contributed by atoms with van der Waals surface area (Å²) in [5.74, 6) is 0.741. The highest BCUT2D eigenvalue weighted by atomic mass is 19.1. The number of halogens is 1. The molecule has 7 nitrogen and oxygen atoms in total. The van der Waals surface area contributed by atoms with Crippen molar-refractivity contribution in [3.05, 3.63) is 30.5 Å². The number of carbonyl (C=O) groups excluding carboxylic acids is 1. The van der Waals surface area contributed by atoms with E-state index in [1.165, 1.54) is 0 Å². The van der Waals surface area contributed by atoms with Gasteiger partial charge in [-0.15, -0.1) is 0 Å². The van der Waals surface area contributed by atoms with Crippen LogP contribution in [0.15, 0.2) is 30.5 Å². The molecule has 0 saturated carbocycles. The molecule has 8 heteroatoms. The summed E-state index contributed by atoms with van der Waals surface area (Å²) in [7, 11) is 0. The van der Waals surface area contributed by atoms with Gasteiger partial charge in [0.1, 0.15) is 12.0 Å². The number of carbonyl (C=O) groups is 1. The average molecular weight is 368 g/mol. The van der Waals surface area contributed by atoms with Crippen molar-refractivity contribution < 1.29 is 9.18 Å². The Morgan fingerprint density at radius 1 is 1.19 bits per heavy atom. The molecule has 27 heavy (non-hydrogen) atoms. The monoisotopic (exact) mass is 368 g/mol. The minimum absolute atomic E-state index is 0.0877. The molecule has 3 aromatic rings. The number of nitrogens with one attached hydrogen (secondary N) is 1. The van der Waals surface area contributed by atoms with Crippen molar-refractivity contribution in [2.24, 2.45) is 0 Å². The van der Waals surface area contributed by atoms with E-state index in [1.807, 2.05) is 40.3 Å². The molecule has 0 radical (unpaired) electrons. The first-order valence-electron chi connectivity index (χ1n) is 9.42. The molecule has 1 unspecified atom stereocenters. The number of fused-ring (bicyclic) bond motifs is 3. The van der Waals surface area contributed by atoms with Crippen molar-refractivity contribution >= 4 is 34.1 Å². The standard InChI is InChI=1S/C19H21FN6O/c20-13-6-10-25(12-13)16-7-11-26-18(22-16)17-14(4-3-5-15(17)23-26)21-19(27)24-8-1-2-9-24/h3-5,7,11,13H,1-2,6,8-10,12H2,(H,21,27). The first-order chi connectivity index (χ1) is 13.2. The fourth-order valence-corrected chi connectivity index (χ4v) is 3.95. The Bertz CT molecular complexity index is 1010. The van der Waals surface area contributed by atoms with Gasteiger partial charge in [0.05, 0.1) is 23.1 Å². The Morgan fingerprint density at radius 2 is 2.04 bits per heavy atom. The minimum Gasteiger partial charge on any atom is -0.353 e. The van der Waals surface area contributed by atoms with Crippen LogP contribution in [0.1, 0.15) is 19.3 Å². The highest BCUT2D eigenvalue weighted by Gasteiger charge is 2.24. The lowest BCUT2D eigenvalue weighted by Crippen LogP contribution is -2.32. The molecule has 1 atom stereocenters. The van der Waals surface area contributed by atoms with E-state index in [1.54, 1.807) is 4.52 Å². The molecular formula is C19H21FN6O. The van der Waals surface area contributed by atoms with Crippen molar-refractivity contribution in [3.63, 3.8) is 0 Å². The summed E-state index contributed by atoms with van der Waals surface area (Å²) in [5, 5.41) is 8.39. The predicted octanol–water partition coefficient (Wildman–Crippen LogP) is 3.06. The van der Waals surface area contributed by atoms with Crippen molar-refractivity contribution in [3.8, 4) is 0 Å². The largest absolute Gasteiger partial charge is 0.353 e. The second kappa shape index (κ2) is 6.37. The first-order valence-corrected chi connectivity index (χ1v) is 9.42. The van der Waals surface area contributed by atoms with Gasteiger partial charge < -0.3 is 15.1 Å². The van der Waals surface area contributed by atoms with Crippen LogP contribution in [0, 0.1) is 0 Å². The molecule has 1 aromatic carbocycles. The number of nitrogens with zero attached hydrogens (tertiary/aromatic N) is 5. The summed E-state index contributed by atoms with van der Waals surface area (Å²) in [4.78, 5) is 21.1. The van der Waals surface area contributed by atoms with Crippen LogP contribution in [0.5, 0.6) is 0 Å². The van der Waals surface area contributed by atoms with Crippen LogP contribution in [0.25, 0.3) is 16.6 Å². The molecular weight excluding hydrogens is 347 g/mol. The molecule has 1 N–H and O–H groups in total. The lowest BCUT2D eigenvalue weighted by molar-refractivity contribution is 0.222. The van der Waals surface area contributed by atoms with E-state index in [-0.39, 0.29) is 6.03 Å². The van der Waals surface area contributed by atoms with Gasteiger partial charge in [0, 0.05) is 25.8 Å². The maximum atomic E-state index is 13.6. The maximum absolute atomic E-state index is 13.6. The zero-order chi connectivity index (χ0) is 18.4. The summed E-state index contributed by atoms with van der Waals surface area (Å²) >= 11 is 0. The van der Waals surface area contributed by atoms with Crippen LogP contribution in [0.2, 0.25) is 0 Å². The Balaban J connectivity index is 1.56. The Hall–Kier alpha value is -2.90. The van der Waals surface area contributed by atoms with Gasteiger partial charge in [-0.3, -0.25) is 0 Å². The first kappa shape index (κ1) is 16.3. The number of hydrogen-bond acceptors (Lipinski definition) is 4. The zero-order valence-corrected chi connectivity index (χ0v) is 14.9. The number of benzene rings is 1. The molecule has 0 aliphatic carbocycles. The highest BCUT2D eigenvalue weighted by molar-refractivity contribution is 6.07. The number of urea groups is 1. The fraction of sp³-hybridized carbons (Fsp3) is 0.421. The Kier molecular flexibility index (Phi) is 3.84. The third-order valence-corrected chi connectivity index (χ3v) is 5.37. The summed E-state index contributed by atoms with van der Waals surface area (Å²) in [5.41, 5.74) is 2.14. The van der Waals surface area contributed by atoms with Gasteiger partial charge in [-0.2, -0.15) is 5.10 Å². The Labute approximate surface area is 155 Å². The van der Waals surface area contributed by atoms with Crippen molar-refractivity contribution in [2.75, 3.05) is 36.4 Å². The number of rotatable bonds is 2. The van der Waals surface area contributed by atoms with Gasteiger partial charge in [-0.25, -0.2) is 18.7 Å². The molecule has 140 valence electrons. The number of amides is 2. The third kappa shape index (κ3) is 2.85. The third-order valence-electron chi connectivity index (χ3n) is 5.37. The maximum Gasteiger partial charge on any atom is 0.321 e. The lowest BCUT2D eigenvalue weighted by atomic mass is 10.2. The second-order valence-corrected chi connectivity index (χ2v) is 7.21. The molecule has 4 heterocycles. The number of alkyl halides is 1. The van der Waals surface area contributed by atoms with Gasteiger partial charge in [-0.1, -0.05) is 6.07 Å². The van der Waals surface area contributed by atoms with E-state index in [9.17, 15) is 9.18 Å². The van der Waals surface area contributed by atoms with Crippen LogP contribution >= 0.6 is 0 Å². The van der Waals surface area contributed by atoms with E-state index < -0.39 is 6.17 Å². The van der Waals surface area contributed by atoms with E-state index in [0.29, 0.717) is 30.8 Å². The average Bonchev–Trinajstić information content (AvgIpc) is 3.40. The molecule has 2 aliphatic rings. The molecule has 2 saturated heterocycles. The Morgan fingerprint density at radius 3 is 2.81 bits per heavy atom. The van der Waals surface area contributed by atoms with Gasteiger partial charge in [-0.05, 0) is 37.5 Å². The lowest BCUT2D eigenvalue weighted by Gasteiger charge is -2.17. The second-order valence-electron chi connectivity index (χ2n) is 7.21. The normalized spacial score (nSPS) is 20.1. The van der Waals surface area contributed by atoms with E-state index in [4.69, 9.17) is 4.98 Å². The van der Waals surface area contributed by atoms with Gasteiger partial charge >= 0.3 is 6.03 Å². The molecule has 2 aliphatic heterocycles. The quantitative estimate of drug-likeness (QED) is 0.755. The fourth-order valence-electron chi connectivity index (χ4n) is 3.95. The summed E-state index contributed by atoms with van der Waals surface area (Å²) in [6.07, 6.45) is 3.66. The van der Waals surface area contributed by atoms with Crippen LogP contribution in [-0.2, 0) is 0 Å². The summed E-state index contributed by atoms with van der Waals surface area (Å²) < 4.78 is 15.3. The topological polar surface area (TPSA) is 65.8 Å². The van der Waals surface area contributed by atoms with E-state index >= 15 is 0 Å². The summed E-state index contributed by atoms with van der Waals surface area (Å²) in [6, 6.07) is 7.43. The van der Waals surface area contributed by atoms with Crippen LogP contribution < -0.4 is 10.2 Å². The summed E-state index contributed by atoms with van der Waals surface area (Å²) in [6.45, 7) is 2.61. The minimum atomic E-state index is -0.806. The molecule has 0 spiro atoms. The number of aromatic nitrogens is 3. The highest BCUT2D eigenvalue weighted by Crippen LogP contribution is 2.29. The van der Waals surface area contributed by atoms with Crippen LogP contribution in [0.4, 0.5) is 20.7 Å². The molecule has 0 bridgehead atoms. The van der Waals surface area contributed by atoms with Gasteiger partial charge in [0.15, 0.2) is 5.65 Å². The van der Waals surface area contributed by atoms with Gasteiger partial charge in [0.25, 0.3) is 0 Å². The van der Waals surface area contributed by atoms with Crippen LogP contribution in [0.3, 0.4) is 0 Å². The number of anilines is 2. The van der Waals surface area contributed by atoms with Crippen molar-refractivity contribution in [1.82, 2.24) is 19.5 Å². The van der Waals surface area contributed by atoms with Crippen molar-refractivity contribution in [2.45, 2.75) is 25.4 Å². The molecule has 2 fully saturated rings. The van der Waals surface area contributed by atoms with Crippen LogP contribution in [-0.4, -0.2) is 57.9 Å².